The Morgan fingerprint density at radius 3 is 2.59 bits per heavy atom. The van der Waals surface area contributed by atoms with Gasteiger partial charge in [-0.1, -0.05) is 0 Å². The SMILES string of the molecule is C[C@@H]1CNCCN1c1nccnc1OCCOc1cccnc1.O=C(O)CC(O)C(=O)O. The smallest absolute Gasteiger partial charge is 0.333 e. The van der Waals surface area contributed by atoms with Gasteiger partial charge in [0.25, 0.3) is 5.88 Å². The van der Waals surface area contributed by atoms with Crippen molar-refractivity contribution in [3.8, 4) is 11.6 Å². The first-order chi connectivity index (χ1) is 15.4. The van der Waals surface area contributed by atoms with Crippen molar-refractivity contribution in [2.75, 3.05) is 37.7 Å². The monoisotopic (exact) mass is 449 g/mol. The summed E-state index contributed by atoms with van der Waals surface area (Å²) in [6.45, 7) is 5.75. The highest BCUT2D eigenvalue weighted by Gasteiger charge is 2.23. The van der Waals surface area contributed by atoms with Crippen molar-refractivity contribution in [1.29, 1.82) is 0 Å². The Balaban J connectivity index is 0.000000344. The van der Waals surface area contributed by atoms with E-state index in [1.165, 1.54) is 0 Å². The molecular formula is C20H27N5O7. The average Bonchev–Trinajstić information content (AvgIpc) is 2.78. The summed E-state index contributed by atoms with van der Waals surface area (Å²) in [4.78, 5) is 34.4. The van der Waals surface area contributed by atoms with E-state index in [1.54, 1.807) is 24.8 Å². The highest BCUT2D eigenvalue weighted by Crippen LogP contribution is 2.25. The van der Waals surface area contributed by atoms with E-state index in [2.05, 4.69) is 32.1 Å². The molecule has 0 saturated carbocycles. The number of rotatable bonds is 9. The zero-order valence-electron chi connectivity index (χ0n) is 17.6. The molecule has 1 saturated heterocycles. The van der Waals surface area contributed by atoms with Crippen molar-refractivity contribution < 1.29 is 34.4 Å². The average molecular weight is 449 g/mol. The quantitative estimate of drug-likeness (QED) is 0.380. The van der Waals surface area contributed by atoms with E-state index in [0.29, 0.717) is 25.1 Å². The number of aliphatic carboxylic acids is 2. The lowest BCUT2D eigenvalue weighted by molar-refractivity contribution is -0.152. The second-order valence-electron chi connectivity index (χ2n) is 6.77. The fourth-order valence-electron chi connectivity index (χ4n) is 2.76. The zero-order chi connectivity index (χ0) is 23.3. The molecule has 0 spiro atoms. The van der Waals surface area contributed by atoms with Gasteiger partial charge in [-0.3, -0.25) is 9.78 Å². The molecular weight excluding hydrogens is 422 g/mol. The first kappa shape index (κ1) is 24.8. The minimum atomic E-state index is -1.79. The van der Waals surface area contributed by atoms with Gasteiger partial charge in [-0.15, -0.1) is 0 Å². The van der Waals surface area contributed by atoms with E-state index in [-0.39, 0.29) is 0 Å². The Hall–Kier alpha value is -3.51. The van der Waals surface area contributed by atoms with Crippen LogP contribution < -0.4 is 19.7 Å². The first-order valence-corrected chi connectivity index (χ1v) is 9.95. The van der Waals surface area contributed by atoms with E-state index < -0.39 is 24.5 Å². The molecule has 12 heteroatoms. The van der Waals surface area contributed by atoms with E-state index in [4.69, 9.17) is 24.8 Å². The number of hydrogen-bond acceptors (Lipinski definition) is 10. The Morgan fingerprint density at radius 1 is 1.22 bits per heavy atom. The van der Waals surface area contributed by atoms with Gasteiger partial charge in [0.15, 0.2) is 11.9 Å². The molecule has 0 bridgehead atoms. The number of anilines is 1. The van der Waals surface area contributed by atoms with Gasteiger partial charge in [-0.2, -0.15) is 0 Å². The molecule has 12 nitrogen and oxygen atoms in total. The topological polar surface area (TPSA) is 167 Å². The largest absolute Gasteiger partial charge is 0.488 e. The predicted octanol–water partition coefficient (Wildman–Crippen LogP) is 0.0341. The number of carbonyl (C=O) groups is 2. The number of carboxylic acids is 2. The molecule has 2 aromatic rings. The minimum Gasteiger partial charge on any atom is -0.488 e. The summed E-state index contributed by atoms with van der Waals surface area (Å²) < 4.78 is 11.4. The summed E-state index contributed by atoms with van der Waals surface area (Å²) in [6, 6.07) is 4.06. The van der Waals surface area contributed by atoms with Crippen LogP contribution in [0, 0.1) is 0 Å². The Labute approximate surface area is 184 Å². The lowest BCUT2D eigenvalue weighted by Crippen LogP contribution is -2.50. The highest BCUT2D eigenvalue weighted by molar-refractivity contribution is 5.79. The number of carboxylic acid groups (broad SMARTS) is 2. The molecule has 1 aliphatic heterocycles. The molecule has 3 heterocycles. The van der Waals surface area contributed by atoms with Crippen molar-refractivity contribution in [3.05, 3.63) is 36.9 Å². The van der Waals surface area contributed by atoms with Crippen LogP contribution in [0.15, 0.2) is 36.9 Å². The first-order valence-electron chi connectivity index (χ1n) is 9.95. The zero-order valence-corrected chi connectivity index (χ0v) is 17.6. The van der Waals surface area contributed by atoms with Crippen molar-refractivity contribution in [2.45, 2.75) is 25.5 Å². The summed E-state index contributed by atoms with van der Waals surface area (Å²) in [5.74, 6) is -0.771. The molecule has 1 fully saturated rings. The van der Waals surface area contributed by atoms with Crippen LogP contribution in [0.1, 0.15) is 13.3 Å². The van der Waals surface area contributed by atoms with Crippen LogP contribution in [0.2, 0.25) is 0 Å². The molecule has 32 heavy (non-hydrogen) atoms. The fraction of sp³-hybridized carbons (Fsp3) is 0.450. The standard InChI is InChI=1S/C16H21N5O2.C4H6O5/c1-13-11-18-7-8-21(13)15-16(20-6-5-19-15)23-10-9-22-14-3-2-4-17-12-14;5-2(4(8)9)1-3(6)7/h2-6,12-13,18H,7-11H2,1H3;2,5H,1H2,(H,6,7)(H,8,9)/t13-;/m1./s1. The molecule has 1 unspecified atom stereocenters. The summed E-state index contributed by atoms with van der Waals surface area (Å²) in [5, 5.41) is 27.5. The van der Waals surface area contributed by atoms with Crippen LogP contribution in [0.25, 0.3) is 0 Å². The second kappa shape index (κ2) is 13.0. The molecule has 0 amide bonds. The van der Waals surface area contributed by atoms with Gasteiger partial charge in [0.1, 0.15) is 19.0 Å². The molecule has 174 valence electrons. The number of pyridine rings is 1. The maximum atomic E-state index is 9.72. The molecule has 2 aromatic heterocycles. The van der Waals surface area contributed by atoms with Crippen LogP contribution in [0.3, 0.4) is 0 Å². The highest BCUT2D eigenvalue weighted by atomic mass is 16.5. The van der Waals surface area contributed by atoms with Gasteiger partial charge in [-0.25, -0.2) is 14.8 Å². The van der Waals surface area contributed by atoms with E-state index in [9.17, 15) is 9.59 Å². The van der Waals surface area contributed by atoms with Crippen LogP contribution >= 0.6 is 0 Å². The third kappa shape index (κ3) is 8.32. The van der Waals surface area contributed by atoms with Gasteiger partial charge in [-0.05, 0) is 19.1 Å². The number of nitrogens with zero attached hydrogens (tertiary/aromatic N) is 4. The number of hydrogen-bond donors (Lipinski definition) is 4. The van der Waals surface area contributed by atoms with Crippen LogP contribution in [-0.4, -0.2) is 87.2 Å². The lowest BCUT2D eigenvalue weighted by atomic mass is 10.2. The number of nitrogens with one attached hydrogen (secondary N) is 1. The summed E-state index contributed by atoms with van der Waals surface area (Å²) in [7, 11) is 0. The van der Waals surface area contributed by atoms with Gasteiger partial charge in [0.05, 0.1) is 12.6 Å². The normalized spacial score (nSPS) is 16.3. The maximum Gasteiger partial charge on any atom is 0.333 e. The maximum absolute atomic E-state index is 9.72. The second-order valence-corrected chi connectivity index (χ2v) is 6.77. The van der Waals surface area contributed by atoms with Crippen molar-refractivity contribution in [2.24, 2.45) is 0 Å². The molecule has 0 aliphatic carbocycles. The molecule has 2 atom stereocenters. The predicted molar refractivity (Wildman–Crippen MR) is 113 cm³/mol. The molecule has 4 N–H and O–H groups in total. The Kier molecular flexibility index (Phi) is 10.1. The molecule has 0 aromatic carbocycles. The Bertz CT molecular complexity index is 855. The number of ether oxygens (including phenoxy) is 2. The number of aliphatic hydroxyl groups excluding tert-OH is 1. The van der Waals surface area contributed by atoms with E-state index in [1.807, 2.05) is 12.1 Å². The third-order valence-corrected chi connectivity index (χ3v) is 4.30. The van der Waals surface area contributed by atoms with Crippen molar-refractivity contribution in [1.82, 2.24) is 20.3 Å². The number of aromatic nitrogens is 3. The van der Waals surface area contributed by atoms with Gasteiger partial charge >= 0.3 is 11.9 Å². The summed E-state index contributed by atoms with van der Waals surface area (Å²) >= 11 is 0. The van der Waals surface area contributed by atoms with E-state index >= 15 is 0 Å². The molecule has 0 radical (unpaired) electrons. The molecule has 3 rings (SSSR count). The van der Waals surface area contributed by atoms with Gasteiger partial charge in [0, 0.05) is 44.3 Å². The number of piperazine rings is 1. The third-order valence-electron chi connectivity index (χ3n) is 4.30. The lowest BCUT2D eigenvalue weighted by Gasteiger charge is -2.35. The summed E-state index contributed by atoms with van der Waals surface area (Å²) in [6.07, 6.45) is 4.19. The fourth-order valence-corrected chi connectivity index (χ4v) is 2.76. The van der Waals surface area contributed by atoms with Crippen molar-refractivity contribution >= 4 is 17.8 Å². The minimum absolute atomic E-state index is 0.356. The van der Waals surface area contributed by atoms with Crippen LogP contribution in [0.4, 0.5) is 5.82 Å². The van der Waals surface area contributed by atoms with Crippen LogP contribution in [0.5, 0.6) is 11.6 Å². The summed E-state index contributed by atoms with van der Waals surface area (Å²) in [5.41, 5.74) is 0. The Morgan fingerprint density at radius 2 is 1.97 bits per heavy atom. The number of aliphatic hydroxyl groups is 1. The van der Waals surface area contributed by atoms with Gasteiger partial charge < -0.3 is 35.0 Å². The van der Waals surface area contributed by atoms with Crippen molar-refractivity contribution in [3.63, 3.8) is 0 Å². The van der Waals surface area contributed by atoms with E-state index in [0.717, 1.165) is 31.2 Å². The van der Waals surface area contributed by atoms with Gasteiger partial charge in [0.2, 0.25) is 0 Å². The molecule has 1 aliphatic rings. The van der Waals surface area contributed by atoms with Crippen LogP contribution in [-0.2, 0) is 9.59 Å².